The van der Waals surface area contributed by atoms with Gasteiger partial charge in [-0.3, -0.25) is 4.99 Å². The first-order valence-corrected chi connectivity index (χ1v) is 5.64. The summed E-state index contributed by atoms with van der Waals surface area (Å²) in [6, 6.07) is 5.74. The van der Waals surface area contributed by atoms with E-state index in [0.717, 1.165) is 17.0 Å². The van der Waals surface area contributed by atoms with Crippen LogP contribution < -0.4 is 21.5 Å². The van der Waals surface area contributed by atoms with Crippen molar-refractivity contribution in [1.29, 1.82) is 0 Å². The maximum atomic E-state index is 5.74. The van der Waals surface area contributed by atoms with E-state index in [1.165, 1.54) is 0 Å². The van der Waals surface area contributed by atoms with Gasteiger partial charge in [-0.25, -0.2) is 0 Å². The van der Waals surface area contributed by atoms with Gasteiger partial charge in [-0.05, 0) is 25.5 Å². The van der Waals surface area contributed by atoms with Gasteiger partial charge >= 0.3 is 0 Å². The Balaban J connectivity index is 2.99. The third-order valence-electron chi connectivity index (χ3n) is 2.25. The van der Waals surface area contributed by atoms with Crippen molar-refractivity contribution in [2.24, 2.45) is 21.5 Å². The number of nitrogens with two attached hydrogens (primary N) is 2. The maximum absolute atomic E-state index is 5.74. The van der Waals surface area contributed by atoms with E-state index in [1.54, 1.807) is 7.05 Å². The van der Waals surface area contributed by atoms with Gasteiger partial charge in [0, 0.05) is 7.05 Å². The standard InChI is InChI=1S/C12H19N5O/c1-4-18-9-7-5-6-8(2)10(9)16-12(14)17-11(13)15-3/h5-7H,4H2,1-3H3,(H5,13,14,15,16,17). The van der Waals surface area contributed by atoms with Crippen LogP contribution in [0, 0.1) is 6.92 Å². The average molecular weight is 249 g/mol. The fourth-order valence-electron chi connectivity index (χ4n) is 1.41. The number of benzene rings is 1. The van der Waals surface area contributed by atoms with Crippen LogP contribution in [0.2, 0.25) is 0 Å². The Hall–Kier alpha value is -2.24. The van der Waals surface area contributed by atoms with Crippen molar-refractivity contribution in [1.82, 2.24) is 0 Å². The molecule has 0 atom stereocenters. The summed E-state index contributed by atoms with van der Waals surface area (Å²) in [5.74, 6) is 1.02. The normalized spacial score (nSPS) is 12.4. The third-order valence-corrected chi connectivity index (χ3v) is 2.25. The zero-order valence-electron chi connectivity index (χ0n) is 10.9. The third kappa shape index (κ3) is 3.65. The Labute approximate surface area is 107 Å². The van der Waals surface area contributed by atoms with E-state index in [0.29, 0.717) is 6.61 Å². The fraction of sp³-hybridized carbons (Fsp3) is 0.333. The number of aliphatic imine (C=N–C) groups is 2. The molecule has 98 valence electrons. The van der Waals surface area contributed by atoms with Gasteiger partial charge in [-0.1, -0.05) is 12.1 Å². The lowest BCUT2D eigenvalue weighted by atomic mass is 10.2. The van der Waals surface area contributed by atoms with Gasteiger partial charge in [0.1, 0.15) is 5.75 Å². The largest absolute Gasteiger partial charge is 0.492 e. The number of ether oxygens (including phenoxy) is 1. The highest BCUT2D eigenvalue weighted by Crippen LogP contribution is 2.27. The first kappa shape index (κ1) is 13.8. The highest BCUT2D eigenvalue weighted by Gasteiger charge is 2.07. The number of aryl methyl sites for hydroxylation is 1. The number of rotatable bonds is 3. The van der Waals surface area contributed by atoms with Crippen LogP contribution in [-0.2, 0) is 0 Å². The molecule has 1 aromatic carbocycles. The Morgan fingerprint density at radius 2 is 2.11 bits per heavy atom. The quantitative estimate of drug-likeness (QED) is 0.551. The van der Waals surface area contributed by atoms with Gasteiger partial charge < -0.3 is 21.5 Å². The second kappa shape index (κ2) is 6.48. The summed E-state index contributed by atoms with van der Waals surface area (Å²) in [4.78, 5) is 7.60. The second-order valence-corrected chi connectivity index (χ2v) is 3.58. The highest BCUT2D eigenvalue weighted by molar-refractivity contribution is 6.01. The molecule has 0 bridgehead atoms. The van der Waals surface area contributed by atoms with Gasteiger partial charge in [-0.2, -0.15) is 4.99 Å². The lowest BCUT2D eigenvalue weighted by molar-refractivity contribution is 0.342. The van der Waals surface area contributed by atoms with E-state index < -0.39 is 0 Å². The summed E-state index contributed by atoms with van der Waals surface area (Å²) in [7, 11) is 1.55. The highest BCUT2D eigenvalue weighted by atomic mass is 16.5. The minimum atomic E-state index is 0.117. The molecule has 1 rings (SSSR count). The molecule has 0 unspecified atom stereocenters. The summed E-state index contributed by atoms with van der Waals surface area (Å²) >= 11 is 0. The van der Waals surface area contributed by atoms with E-state index in [1.807, 2.05) is 32.0 Å². The Morgan fingerprint density at radius 1 is 1.39 bits per heavy atom. The van der Waals surface area contributed by atoms with Crippen molar-refractivity contribution in [3.63, 3.8) is 0 Å². The molecule has 0 amide bonds. The van der Waals surface area contributed by atoms with Crippen molar-refractivity contribution < 1.29 is 4.74 Å². The van der Waals surface area contributed by atoms with Crippen LogP contribution in [0.25, 0.3) is 0 Å². The van der Waals surface area contributed by atoms with Crippen molar-refractivity contribution in [3.8, 4) is 5.75 Å². The summed E-state index contributed by atoms with van der Waals surface area (Å²) in [5.41, 5.74) is 13.0. The van der Waals surface area contributed by atoms with E-state index in [4.69, 9.17) is 16.2 Å². The molecule has 0 radical (unpaired) electrons. The van der Waals surface area contributed by atoms with Crippen LogP contribution >= 0.6 is 0 Å². The first-order valence-electron chi connectivity index (χ1n) is 5.64. The smallest absolute Gasteiger partial charge is 0.218 e. The van der Waals surface area contributed by atoms with Crippen molar-refractivity contribution >= 4 is 17.6 Å². The zero-order chi connectivity index (χ0) is 13.5. The Bertz CT molecular complexity index is 468. The van der Waals surface area contributed by atoms with Gasteiger partial charge in [0.05, 0.1) is 12.3 Å². The molecule has 18 heavy (non-hydrogen) atoms. The van der Waals surface area contributed by atoms with E-state index in [9.17, 15) is 0 Å². The number of nitrogens with zero attached hydrogens (tertiary/aromatic N) is 2. The number of anilines is 1. The molecular formula is C12H19N5O. The van der Waals surface area contributed by atoms with Crippen molar-refractivity contribution in [2.45, 2.75) is 13.8 Å². The van der Waals surface area contributed by atoms with Gasteiger partial charge in [0.25, 0.3) is 0 Å². The number of para-hydroxylation sites is 1. The summed E-state index contributed by atoms with van der Waals surface area (Å²) in [6.07, 6.45) is 0. The summed E-state index contributed by atoms with van der Waals surface area (Å²) in [5, 5.41) is 2.97. The van der Waals surface area contributed by atoms with Crippen LogP contribution in [0.1, 0.15) is 12.5 Å². The van der Waals surface area contributed by atoms with Crippen LogP contribution in [0.15, 0.2) is 28.2 Å². The molecule has 0 fully saturated rings. The second-order valence-electron chi connectivity index (χ2n) is 3.58. The molecule has 0 spiro atoms. The molecule has 0 aromatic heterocycles. The molecule has 0 aliphatic heterocycles. The number of guanidine groups is 2. The molecule has 6 heteroatoms. The molecule has 6 nitrogen and oxygen atoms in total. The van der Waals surface area contributed by atoms with E-state index in [-0.39, 0.29) is 11.9 Å². The van der Waals surface area contributed by atoms with E-state index in [2.05, 4.69) is 15.3 Å². The number of nitrogens with one attached hydrogen (secondary N) is 1. The average Bonchev–Trinajstić information content (AvgIpc) is 2.33. The maximum Gasteiger partial charge on any atom is 0.218 e. The number of hydrogen-bond acceptors (Lipinski definition) is 2. The van der Waals surface area contributed by atoms with Crippen LogP contribution in [-0.4, -0.2) is 25.6 Å². The molecule has 0 aliphatic rings. The van der Waals surface area contributed by atoms with E-state index >= 15 is 0 Å². The molecule has 0 saturated heterocycles. The first-order chi connectivity index (χ1) is 8.58. The molecule has 0 aliphatic carbocycles. The van der Waals surface area contributed by atoms with Gasteiger partial charge in [-0.15, -0.1) is 0 Å². The summed E-state index contributed by atoms with van der Waals surface area (Å²) < 4.78 is 5.52. The fourth-order valence-corrected chi connectivity index (χ4v) is 1.41. The van der Waals surface area contributed by atoms with Crippen LogP contribution in [0.3, 0.4) is 0 Å². The SMILES string of the molecule is CCOc1cccc(C)c1N/C(N)=N/C(N)=NC. The molecule has 0 saturated carbocycles. The van der Waals surface area contributed by atoms with Crippen molar-refractivity contribution in [3.05, 3.63) is 23.8 Å². The topological polar surface area (TPSA) is 98.0 Å². The van der Waals surface area contributed by atoms with Gasteiger partial charge in [0.2, 0.25) is 11.9 Å². The Kier molecular flexibility index (Phi) is 4.98. The minimum absolute atomic E-state index is 0.117. The van der Waals surface area contributed by atoms with Crippen LogP contribution in [0.4, 0.5) is 5.69 Å². The van der Waals surface area contributed by atoms with Gasteiger partial charge in [0.15, 0.2) is 0 Å². The molecule has 5 N–H and O–H groups in total. The van der Waals surface area contributed by atoms with Crippen LogP contribution in [0.5, 0.6) is 5.75 Å². The minimum Gasteiger partial charge on any atom is -0.492 e. The lowest BCUT2D eigenvalue weighted by Crippen LogP contribution is -2.26. The zero-order valence-corrected chi connectivity index (χ0v) is 10.9. The molecule has 0 heterocycles. The molecular weight excluding hydrogens is 230 g/mol. The molecule has 1 aromatic rings. The number of hydrogen-bond donors (Lipinski definition) is 3. The predicted octanol–water partition coefficient (Wildman–Crippen LogP) is 1.06. The lowest BCUT2D eigenvalue weighted by Gasteiger charge is -2.14. The monoisotopic (exact) mass is 249 g/mol. The predicted molar refractivity (Wildman–Crippen MR) is 75.1 cm³/mol. The Morgan fingerprint density at radius 3 is 2.72 bits per heavy atom. The summed E-state index contributed by atoms with van der Waals surface area (Å²) in [6.45, 7) is 4.45. The van der Waals surface area contributed by atoms with Crippen molar-refractivity contribution in [2.75, 3.05) is 19.0 Å².